The minimum atomic E-state index is 0.759. The maximum Gasteiger partial charge on any atom is 0.178 e. The molecular formula is C16H11BrN4. The van der Waals surface area contributed by atoms with Crippen molar-refractivity contribution >= 4 is 38.0 Å². The second-order valence-electron chi connectivity index (χ2n) is 4.84. The molecule has 102 valence electrons. The van der Waals surface area contributed by atoms with Crippen LogP contribution in [0.25, 0.3) is 33.5 Å². The molecule has 0 unspecified atom stereocenters. The summed E-state index contributed by atoms with van der Waals surface area (Å²) in [5.74, 6) is 0.897. The molecule has 3 aromatic heterocycles. The molecule has 0 atom stereocenters. The minimum Gasteiger partial charge on any atom is -0.326 e. The standard InChI is InChI=1S/C16H11BrN4/c1-21-13-5-3-9-19-15(13)20-16(21)11-6-7-12(17)14-10(11)4-2-8-18-14/h2-9H,1H3. The molecule has 0 bridgehead atoms. The lowest BCUT2D eigenvalue weighted by Crippen LogP contribution is -1.94. The van der Waals surface area contributed by atoms with Crippen LogP contribution in [0.4, 0.5) is 0 Å². The van der Waals surface area contributed by atoms with E-state index >= 15 is 0 Å². The molecule has 0 aliphatic heterocycles. The summed E-state index contributed by atoms with van der Waals surface area (Å²) in [6, 6.07) is 12.0. The maximum atomic E-state index is 4.67. The number of nitrogens with zero attached hydrogens (tertiary/aromatic N) is 4. The highest BCUT2D eigenvalue weighted by atomic mass is 79.9. The van der Waals surface area contributed by atoms with Crippen molar-refractivity contribution in [1.82, 2.24) is 19.5 Å². The van der Waals surface area contributed by atoms with Gasteiger partial charge in [0.25, 0.3) is 0 Å². The molecule has 4 aromatic rings. The Labute approximate surface area is 129 Å². The number of aromatic nitrogens is 4. The van der Waals surface area contributed by atoms with Gasteiger partial charge in [-0.25, -0.2) is 9.97 Å². The summed E-state index contributed by atoms with van der Waals surface area (Å²) >= 11 is 3.55. The Morgan fingerprint density at radius 1 is 1.00 bits per heavy atom. The lowest BCUT2D eigenvalue weighted by atomic mass is 10.1. The summed E-state index contributed by atoms with van der Waals surface area (Å²) in [5, 5.41) is 1.07. The van der Waals surface area contributed by atoms with Crippen LogP contribution in [-0.4, -0.2) is 19.5 Å². The fourth-order valence-electron chi connectivity index (χ4n) is 2.60. The molecule has 0 saturated carbocycles. The average molecular weight is 339 g/mol. The zero-order valence-corrected chi connectivity index (χ0v) is 12.9. The zero-order valence-electron chi connectivity index (χ0n) is 11.3. The van der Waals surface area contributed by atoms with Gasteiger partial charge in [-0.2, -0.15) is 0 Å². The Morgan fingerprint density at radius 3 is 2.67 bits per heavy atom. The summed E-state index contributed by atoms with van der Waals surface area (Å²) in [4.78, 5) is 13.5. The number of halogens is 1. The van der Waals surface area contributed by atoms with E-state index in [2.05, 4.69) is 47.6 Å². The van der Waals surface area contributed by atoms with Gasteiger partial charge in [-0.1, -0.05) is 6.07 Å². The van der Waals surface area contributed by atoms with Gasteiger partial charge in [0.2, 0.25) is 0 Å². The molecule has 0 aliphatic rings. The summed E-state index contributed by atoms with van der Waals surface area (Å²) in [5.41, 5.74) is 3.78. The van der Waals surface area contributed by atoms with Crippen LogP contribution in [-0.2, 0) is 7.05 Å². The highest BCUT2D eigenvalue weighted by Crippen LogP contribution is 2.32. The second-order valence-corrected chi connectivity index (χ2v) is 5.69. The minimum absolute atomic E-state index is 0.759. The number of fused-ring (bicyclic) bond motifs is 2. The van der Waals surface area contributed by atoms with Gasteiger partial charge in [-0.3, -0.25) is 4.98 Å². The van der Waals surface area contributed by atoms with Crippen molar-refractivity contribution in [2.24, 2.45) is 7.05 Å². The molecular weight excluding hydrogens is 328 g/mol. The number of rotatable bonds is 1. The zero-order chi connectivity index (χ0) is 14.4. The largest absolute Gasteiger partial charge is 0.326 e. The van der Waals surface area contributed by atoms with Crippen molar-refractivity contribution in [3.05, 3.63) is 53.3 Å². The van der Waals surface area contributed by atoms with Crippen LogP contribution in [0.2, 0.25) is 0 Å². The van der Waals surface area contributed by atoms with Crippen LogP contribution >= 0.6 is 15.9 Å². The summed E-state index contributed by atoms with van der Waals surface area (Å²) in [6.07, 6.45) is 3.56. The molecule has 0 fully saturated rings. The summed E-state index contributed by atoms with van der Waals surface area (Å²) in [6.45, 7) is 0. The molecule has 0 N–H and O–H groups in total. The molecule has 4 nitrogen and oxygen atoms in total. The Bertz CT molecular complexity index is 975. The Kier molecular flexibility index (Phi) is 2.75. The third-order valence-electron chi connectivity index (χ3n) is 3.62. The summed E-state index contributed by atoms with van der Waals surface area (Å²) in [7, 11) is 2.01. The van der Waals surface area contributed by atoms with Gasteiger partial charge >= 0.3 is 0 Å². The fraction of sp³-hybridized carbons (Fsp3) is 0.0625. The number of imidazole rings is 1. The first kappa shape index (κ1) is 12.5. The van der Waals surface area contributed by atoms with E-state index < -0.39 is 0 Å². The van der Waals surface area contributed by atoms with E-state index in [1.165, 1.54) is 0 Å². The number of pyridine rings is 2. The second kappa shape index (κ2) is 4.63. The van der Waals surface area contributed by atoms with Crippen molar-refractivity contribution in [2.45, 2.75) is 0 Å². The molecule has 0 aliphatic carbocycles. The quantitative estimate of drug-likeness (QED) is 0.527. The van der Waals surface area contributed by atoms with Gasteiger partial charge in [0.1, 0.15) is 5.82 Å². The van der Waals surface area contributed by atoms with Gasteiger partial charge < -0.3 is 4.57 Å². The predicted octanol–water partition coefficient (Wildman–Crippen LogP) is 3.95. The first-order chi connectivity index (χ1) is 10.3. The molecule has 5 heteroatoms. The average Bonchev–Trinajstić information content (AvgIpc) is 2.86. The van der Waals surface area contributed by atoms with E-state index in [-0.39, 0.29) is 0 Å². The lowest BCUT2D eigenvalue weighted by molar-refractivity contribution is 0.961. The number of hydrogen-bond acceptors (Lipinski definition) is 3. The Hall–Kier alpha value is -2.27. The van der Waals surface area contributed by atoms with Crippen molar-refractivity contribution in [2.75, 3.05) is 0 Å². The molecule has 4 rings (SSSR count). The van der Waals surface area contributed by atoms with Gasteiger partial charge in [0, 0.05) is 34.9 Å². The topological polar surface area (TPSA) is 43.6 Å². The lowest BCUT2D eigenvalue weighted by Gasteiger charge is -2.07. The van der Waals surface area contributed by atoms with Crippen molar-refractivity contribution in [3.8, 4) is 11.4 Å². The molecule has 0 spiro atoms. The maximum absolute atomic E-state index is 4.67. The van der Waals surface area contributed by atoms with Crippen LogP contribution in [0.1, 0.15) is 0 Å². The van der Waals surface area contributed by atoms with Crippen molar-refractivity contribution in [3.63, 3.8) is 0 Å². The highest BCUT2D eigenvalue weighted by Gasteiger charge is 2.14. The van der Waals surface area contributed by atoms with Crippen molar-refractivity contribution in [1.29, 1.82) is 0 Å². The smallest absolute Gasteiger partial charge is 0.178 e. The Balaban J connectivity index is 2.10. The summed E-state index contributed by atoms with van der Waals surface area (Å²) < 4.78 is 3.05. The van der Waals surface area contributed by atoms with Gasteiger partial charge in [-0.05, 0) is 46.3 Å². The molecule has 0 saturated heterocycles. The number of benzene rings is 1. The van der Waals surface area contributed by atoms with Crippen LogP contribution < -0.4 is 0 Å². The molecule has 1 aromatic carbocycles. The van der Waals surface area contributed by atoms with Crippen LogP contribution in [0.3, 0.4) is 0 Å². The fourth-order valence-corrected chi connectivity index (χ4v) is 3.05. The van der Waals surface area contributed by atoms with Gasteiger partial charge in [0.05, 0.1) is 11.0 Å². The third kappa shape index (κ3) is 1.85. The molecule has 3 heterocycles. The monoisotopic (exact) mass is 338 g/mol. The van der Waals surface area contributed by atoms with Gasteiger partial charge in [-0.15, -0.1) is 0 Å². The highest BCUT2D eigenvalue weighted by molar-refractivity contribution is 9.10. The van der Waals surface area contributed by atoms with E-state index in [1.807, 2.05) is 31.3 Å². The van der Waals surface area contributed by atoms with E-state index in [0.29, 0.717) is 0 Å². The third-order valence-corrected chi connectivity index (χ3v) is 4.26. The van der Waals surface area contributed by atoms with E-state index in [1.54, 1.807) is 12.4 Å². The first-order valence-corrected chi connectivity index (χ1v) is 7.36. The Morgan fingerprint density at radius 2 is 1.81 bits per heavy atom. The van der Waals surface area contributed by atoms with Crippen LogP contribution in [0.15, 0.2) is 53.3 Å². The van der Waals surface area contributed by atoms with E-state index in [9.17, 15) is 0 Å². The first-order valence-electron chi connectivity index (χ1n) is 6.57. The van der Waals surface area contributed by atoms with Crippen LogP contribution in [0, 0.1) is 0 Å². The number of aryl methyl sites for hydroxylation is 1. The predicted molar refractivity (Wildman–Crippen MR) is 86.9 cm³/mol. The molecule has 0 amide bonds. The van der Waals surface area contributed by atoms with Crippen molar-refractivity contribution < 1.29 is 0 Å². The SMILES string of the molecule is Cn1c(-c2ccc(Br)c3ncccc23)nc2ncccc21. The normalized spacial score (nSPS) is 11.3. The van der Waals surface area contributed by atoms with Gasteiger partial charge in [0.15, 0.2) is 5.65 Å². The van der Waals surface area contributed by atoms with Crippen LogP contribution in [0.5, 0.6) is 0 Å². The van der Waals surface area contributed by atoms with E-state index in [4.69, 9.17) is 0 Å². The number of hydrogen-bond donors (Lipinski definition) is 0. The molecule has 21 heavy (non-hydrogen) atoms. The molecule has 0 radical (unpaired) electrons. The van der Waals surface area contributed by atoms with E-state index in [0.717, 1.165) is 37.9 Å².